The fourth-order valence-corrected chi connectivity index (χ4v) is 4.92. The Balaban J connectivity index is 1.48. The van der Waals surface area contributed by atoms with Gasteiger partial charge in [0, 0.05) is 12.1 Å². The Morgan fingerprint density at radius 3 is 2.44 bits per heavy atom. The number of fused-ring (bicyclic) bond motifs is 2. The van der Waals surface area contributed by atoms with Gasteiger partial charge >= 0.3 is 0 Å². The van der Waals surface area contributed by atoms with Crippen LogP contribution in [0.1, 0.15) is 71.6 Å². The summed E-state index contributed by atoms with van der Waals surface area (Å²) in [6.07, 6.45) is 13.4. The molecule has 3 rings (SSSR count). The zero-order valence-corrected chi connectivity index (χ0v) is 12.3. The molecule has 0 aromatic heterocycles. The van der Waals surface area contributed by atoms with E-state index in [0.717, 1.165) is 35.8 Å². The fraction of sp³-hybridized carbons (Fsp3) is 1.00. The molecule has 0 aromatic rings. The molecule has 1 heteroatoms. The third-order valence-electron chi connectivity index (χ3n) is 6.14. The van der Waals surface area contributed by atoms with Crippen molar-refractivity contribution in [3.8, 4) is 0 Å². The molecule has 0 aliphatic heterocycles. The van der Waals surface area contributed by atoms with Gasteiger partial charge in [0.05, 0.1) is 0 Å². The lowest BCUT2D eigenvalue weighted by molar-refractivity contribution is 0.296. The highest BCUT2D eigenvalue weighted by atomic mass is 15.0. The fourth-order valence-electron chi connectivity index (χ4n) is 4.92. The summed E-state index contributed by atoms with van der Waals surface area (Å²) in [5, 5.41) is 4.05. The summed E-state index contributed by atoms with van der Waals surface area (Å²) in [6.45, 7) is 4.82. The standard InChI is InChI=1S/C17H31N/c1-12(2)14-4-3-5-16(9-8-14)18-17-11-13-6-7-15(17)10-13/h12-18H,3-11H2,1-2H3. The van der Waals surface area contributed by atoms with E-state index < -0.39 is 0 Å². The highest BCUT2D eigenvalue weighted by Gasteiger charge is 2.40. The summed E-state index contributed by atoms with van der Waals surface area (Å²) in [5.74, 6) is 4.02. The van der Waals surface area contributed by atoms with Crippen molar-refractivity contribution in [2.75, 3.05) is 0 Å². The molecule has 18 heavy (non-hydrogen) atoms. The first-order valence-corrected chi connectivity index (χ1v) is 8.48. The van der Waals surface area contributed by atoms with Gasteiger partial charge in [-0.15, -0.1) is 0 Å². The van der Waals surface area contributed by atoms with Crippen LogP contribution in [-0.2, 0) is 0 Å². The summed E-state index contributed by atoms with van der Waals surface area (Å²) in [4.78, 5) is 0. The Kier molecular flexibility index (Phi) is 3.98. The second-order valence-electron chi connectivity index (χ2n) is 7.66. The third kappa shape index (κ3) is 2.76. The van der Waals surface area contributed by atoms with Crippen molar-refractivity contribution in [3.05, 3.63) is 0 Å². The minimum atomic E-state index is 0.845. The second kappa shape index (κ2) is 5.53. The van der Waals surface area contributed by atoms with Crippen LogP contribution >= 0.6 is 0 Å². The van der Waals surface area contributed by atoms with E-state index in [2.05, 4.69) is 19.2 Å². The zero-order valence-electron chi connectivity index (χ0n) is 12.3. The first-order valence-electron chi connectivity index (χ1n) is 8.48. The van der Waals surface area contributed by atoms with Crippen molar-refractivity contribution in [1.29, 1.82) is 0 Å². The lowest BCUT2D eigenvalue weighted by atomic mass is 9.89. The van der Waals surface area contributed by atoms with Gasteiger partial charge in [0.25, 0.3) is 0 Å². The quantitative estimate of drug-likeness (QED) is 0.732. The minimum Gasteiger partial charge on any atom is -0.311 e. The summed E-state index contributed by atoms with van der Waals surface area (Å²) in [7, 11) is 0. The van der Waals surface area contributed by atoms with Crippen molar-refractivity contribution in [3.63, 3.8) is 0 Å². The van der Waals surface area contributed by atoms with Crippen LogP contribution in [0.25, 0.3) is 0 Å². The van der Waals surface area contributed by atoms with Gasteiger partial charge in [-0.2, -0.15) is 0 Å². The SMILES string of the molecule is CC(C)C1CCCC(NC2CC3CCC2C3)CC1. The molecule has 5 unspecified atom stereocenters. The Labute approximate surface area is 113 Å². The van der Waals surface area contributed by atoms with E-state index in [9.17, 15) is 0 Å². The average Bonchev–Trinajstić information content (AvgIpc) is 2.86. The predicted molar refractivity (Wildman–Crippen MR) is 77.6 cm³/mol. The largest absolute Gasteiger partial charge is 0.311 e. The number of hydrogen-bond acceptors (Lipinski definition) is 1. The van der Waals surface area contributed by atoms with E-state index in [0.29, 0.717) is 0 Å². The van der Waals surface area contributed by atoms with Crippen LogP contribution in [0.5, 0.6) is 0 Å². The molecule has 1 nitrogen and oxygen atoms in total. The maximum atomic E-state index is 4.05. The smallest absolute Gasteiger partial charge is 0.0101 e. The molecule has 2 bridgehead atoms. The molecule has 5 atom stereocenters. The summed E-state index contributed by atoms with van der Waals surface area (Å²) in [5.41, 5.74) is 0. The van der Waals surface area contributed by atoms with E-state index in [4.69, 9.17) is 0 Å². The Morgan fingerprint density at radius 1 is 0.889 bits per heavy atom. The Morgan fingerprint density at radius 2 is 1.78 bits per heavy atom. The van der Waals surface area contributed by atoms with Gasteiger partial charge in [-0.3, -0.25) is 0 Å². The lowest BCUT2D eigenvalue weighted by Crippen LogP contribution is -2.41. The molecule has 0 amide bonds. The van der Waals surface area contributed by atoms with Crippen molar-refractivity contribution in [2.24, 2.45) is 23.7 Å². The molecular weight excluding hydrogens is 218 g/mol. The van der Waals surface area contributed by atoms with E-state index in [-0.39, 0.29) is 0 Å². The normalized spacial score (nSPS) is 44.5. The van der Waals surface area contributed by atoms with Gasteiger partial charge in [-0.1, -0.05) is 33.1 Å². The van der Waals surface area contributed by atoms with Gasteiger partial charge in [0.2, 0.25) is 0 Å². The molecule has 0 spiro atoms. The number of rotatable bonds is 3. The maximum absolute atomic E-state index is 4.05. The first kappa shape index (κ1) is 13.0. The zero-order chi connectivity index (χ0) is 12.5. The lowest BCUT2D eigenvalue weighted by Gasteiger charge is -2.28. The monoisotopic (exact) mass is 249 g/mol. The van der Waals surface area contributed by atoms with E-state index in [1.807, 2.05) is 0 Å². The molecule has 0 heterocycles. The second-order valence-corrected chi connectivity index (χ2v) is 7.66. The Bertz CT molecular complexity index is 273. The van der Waals surface area contributed by atoms with Crippen LogP contribution in [0.2, 0.25) is 0 Å². The van der Waals surface area contributed by atoms with Crippen molar-refractivity contribution >= 4 is 0 Å². The molecular formula is C17H31N. The van der Waals surface area contributed by atoms with Crippen molar-refractivity contribution in [2.45, 2.75) is 83.7 Å². The Hall–Kier alpha value is -0.0400. The molecule has 1 N–H and O–H groups in total. The van der Waals surface area contributed by atoms with Gasteiger partial charge in [0.15, 0.2) is 0 Å². The van der Waals surface area contributed by atoms with Crippen LogP contribution in [0.4, 0.5) is 0 Å². The highest BCUT2D eigenvalue weighted by Crippen LogP contribution is 2.45. The molecule has 104 valence electrons. The number of hydrogen-bond donors (Lipinski definition) is 1. The molecule has 3 aliphatic rings. The summed E-state index contributed by atoms with van der Waals surface area (Å²) >= 11 is 0. The molecule has 3 saturated carbocycles. The number of nitrogens with one attached hydrogen (secondary N) is 1. The maximum Gasteiger partial charge on any atom is 0.0101 e. The molecule has 0 radical (unpaired) electrons. The highest BCUT2D eigenvalue weighted by molar-refractivity contribution is 4.95. The third-order valence-corrected chi connectivity index (χ3v) is 6.14. The van der Waals surface area contributed by atoms with Gasteiger partial charge in [-0.25, -0.2) is 0 Å². The van der Waals surface area contributed by atoms with E-state index in [1.54, 1.807) is 6.42 Å². The van der Waals surface area contributed by atoms with E-state index in [1.165, 1.54) is 51.4 Å². The molecule has 0 aromatic carbocycles. The van der Waals surface area contributed by atoms with Gasteiger partial charge in [-0.05, 0) is 62.2 Å². The van der Waals surface area contributed by atoms with Crippen LogP contribution in [-0.4, -0.2) is 12.1 Å². The van der Waals surface area contributed by atoms with Crippen LogP contribution in [0, 0.1) is 23.7 Å². The van der Waals surface area contributed by atoms with E-state index >= 15 is 0 Å². The van der Waals surface area contributed by atoms with Gasteiger partial charge in [0.1, 0.15) is 0 Å². The first-order chi connectivity index (χ1) is 8.72. The topological polar surface area (TPSA) is 12.0 Å². The van der Waals surface area contributed by atoms with Crippen LogP contribution in [0.15, 0.2) is 0 Å². The molecule has 3 aliphatic carbocycles. The summed E-state index contributed by atoms with van der Waals surface area (Å²) in [6, 6.07) is 1.74. The molecule has 0 saturated heterocycles. The average molecular weight is 249 g/mol. The van der Waals surface area contributed by atoms with Crippen LogP contribution < -0.4 is 5.32 Å². The van der Waals surface area contributed by atoms with Crippen LogP contribution in [0.3, 0.4) is 0 Å². The summed E-state index contributed by atoms with van der Waals surface area (Å²) < 4.78 is 0. The predicted octanol–water partition coefficient (Wildman–Crippen LogP) is 4.37. The van der Waals surface area contributed by atoms with Crippen molar-refractivity contribution in [1.82, 2.24) is 5.32 Å². The van der Waals surface area contributed by atoms with Crippen molar-refractivity contribution < 1.29 is 0 Å². The van der Waals surface area contributed by atoms with Gasteiger partial charge < -0.3 is 5.32 Å². The molecule has 3 fully saturated rings. The minimum absolute atomic E-state index is 0.845.